The van der Waals surface area contributed by atoms with Crippen molar-refractivity contribution in [1.29, 1.82) is 0 Å². The number of tetrazole rings is 1. The first-order chi connectivity index (χ1) is 11.7. The summed E-state index contributed by atoms with van der Waals surface area (Å²) >= 11 is 1.36. The molecule has 0 fully saturated rings. The lowest BCUT2D eigenvalue weighted by atomic mass is 10.1. The molecule has 0 unspecified atom stereocenters. The minimum absolute atomic E-state index is 0.0464. The van der Waals surface area contributed by atoms with Crippen molar-refractivity contribution >= 4 is 23.4 Å². The third-order valence-corrected chi connectivity index (χ3v) is 4.60. The molecule has 0 saturated heterocycles. The van der Waals surface area contributed by atoms with Crippen molar-refractivity contribution in [2.24, 2.45) is 0 Å². The van der Waals surface area contributed by atoms with Crippen LogP contribution in [0.1, 0.15) is 26.3 Å². The van der Waals surface area contributed by atoms with Crippen LogP contribution in [-0.2, 0) is 16.9 Å². The summed E-state index contributed by atoms with van der Waals surface area (Å²) in [5.41, 5.74) is 2.03. The van der Waals surface area contributed by atoms with E-state index in [1.54, 1.807) is 9.58 Å². The van der Waals surface area contributed by atoms with Gasteiger partial charge in [0, 0.05) is 33.4 Å². The van der Waals surface area contributed by atoms with E-state index in [0.29, 0.717) is 17.5 Å². The van der Waals surface area contributed by atoms with Gasteiger partial charge in [0.1, 0.15) is 0 Å². The lowest BCUT2D eigenvalue weighted by Gasteiger charge is -2.20. The van der Waals surface area contributed by atoms with Gasteiger partial charge in [-0.25, -0.2) is 4.68 Å². The highest BCUT2D eigenvalue weighted by molar-refractivity contribution is 7.99. The van der Waals surface area contributed by atoms with Gasteiger partial charge in [-0.1, -0.05) is 23.9 Å². The van der Waals surface area contributed by atoms with E-state index in [4.69, 9.17) is 0 Å². The molecule has 1 aromatic heterocycles. The van der Waals surface area contributed by atoms with E-state index in [1.807, 2.05) is 54.0 Å². The fourth-order valence-corrected chi connectivity index (χ4v) is 3.19. The molecule has 0 atom stereocenters. The molecule has 2 rings (SSSR count). The minimum Gasteiger partial charge on any atom is -0.378 e. The summed E-state index contributed by atoms with van der Waals surface area (Å²) in [7, 11) is 5.83. The average molecular weight is 363 g/mol. The fraction of sp³-hybridized carbons (Fsp3) is 0.529. The molecule has 0 spiro atoms. The quantitative estimate of drug-likeness (QED) is 0.734. The van der Waals surface area contributed by atoms with E-state index in [1.165, 1.54) is 11.8 Å². The molecular formula is C17H26N6OS. The molecule has 0 bridgehead atoms. The standard InChI is InChI=1S/C17H26N6OS/c1-17(2,3)23-16(18-19-20-23)25-12-15(24)22(6)11-13-7-9-14(10-8-13)21(4)5/h7-10H,11-12H2,1-6H3. The summed E-state index contributed by atoms with van der Waals surface area (Å²) in [5.74, 6) is 0.355. The highest BCUT2D eigenvalue weighted by Crippen LogP contribution is 2.21. The first-order valence-electron chi connectivity index (χ1n) is 8.10. The Morgan fingerprint density at radius 3 is 2.36 bits per heavy atom. The highest BCUT2D eigenvalue weighted by atomic mass is 32.2. The van der Waals surface area contributed by atoms with Crippen molar-refractivity contribution in [3.8, 4) is 0 Å². The Bertz CT molecular complexity index is 705. The van der Waals surface area contributed by atoms with Crippen LogP contribution in [0.2, 0.25) is 0 Å². The average Bonchev–Trinajstić information content (AvgIpc) is 3.01. The van der Waals surface area contributed by atoms with Gasteiger partial charge in [0.25, 0.3) is 0 Å². The topological polar surface area (TPSA) is 67.2 Å². The van der Waals surface area contributed by atoms with Crippen LogP contribution in [0.15, 0.2) is 29.4 Å². The summed E-state index contributed by atoms with van der Waals surface area (Å²) in [4.78, 5) is 16.2. The number of anilines is 1. The predicted molar refractivity (Wildman–Crippen MR) is 101 cm³/mol. The molecule has 25 heavy (non-hydrogen) atoms. The summed E-state index contributed by atoms with van der Waals surface area (Å²) < 4.78 is 1.74. The number of carbonyl (C=O) groups is 1. The number of aromatic nitrogens is 4. The number of benzene rings is 1. The second-order valence-corrected chi connectivity index (χ2v) is 8.09. The number of amides is 1. The Labute approximate surface area is 153 Å². The molecule has 136 valence electrons. The summed E-state index contributed by atoms with van der Waals surface area (Å²) in [6.45, 7) is 6.66. The molecule has 7 nitrogen and oxygen atoms in total. The number of hydrogen-bond donors (Lipinski definition) is 0. The molecule has 0 aliphatic carbocycles. The van der Waals surface area contributed by atoms with Crippen molar-refractivity contribution in [3.63, 3.8) is 0 Å². The van der Waals surface area contributed by atoms with E-state index < -0.39 is 0 Å². The number of thioether (sulfide) groups is 1. The zero-order valence-electron chi connectivity index (χ0n) is 15.7. The van der Waals surface area contributed by atoms with Crippen LogP contribution in [0.4, 0.5) is 5.69 Å². The third kappa shape index (κ3) is 5.19. The fourth-order valence-electron chi connectivity index (χ4n) is 2.19. The normalized spacial score (nSPS) is 11.4. The van der Waals surface area contributed by atoms with Gasteiger partial charge in [-0.2, -0.15) is 0 Å². The Hall–Kier alpha value is -2.09. The molecule has 1 heterocycles. The van der Waals surface area contributed by atoms with E-state index in [0.717, 1.165) is 11.3 Å². The Kier molecular flexibility index (Phi) is 6.05. The van der Waals surface area contributed by atoms with Crippen LogP contribution in [0, 0.1) is 0 Å². The lowest BCUT2D eigenvalue weighted by molar-refractivity contribution is -0.127. The van der Waals surface area contributed by atoms with E-state index in [-0.39, 0.29) is 11.4 Å². The van der Waals surface area contributed by atoms with Crippen molar-refractivity contribution in [2.45, 2.75) is 38.0 Å². The zero-order valence-corrected chi connectivity index (χ0v) is 16.5. The molecule has 2 aromatic rings. The van der Waals surface area contributed by atoms with Crippen LogP contribution >= 0.6 is 11.8 Å². The minimum atomic E-state index is -0.213. The van der Waals surface area contributed by atoms with Crippen molar-refractivity contribution in [3.05, 3.63) is 29.8 Å². The Morgan fingerprint density at radius 2 is 1.80 bits per heavy atom. The molecule has 0 N–H and O–H groups in total. The lowest BCUT2D eigenvalue weighted by Crippen LogP contribution is -2.28. The second-order valence-electron chi connectivity index (χ2n) is 7.14. The molecular weight excluding hydrogens is 336 g/mol. The summed E-state index contributed by atoms with van der Waals surface area (Å²) in [5, 5.41) is 12.4. The Balaban J connectivity index is 1.91. The van der Waals surface area contributed by atoms with Crippen LogP contribution in [-0.4, -0.2) is 57.9 Å². The maximum absolute atomic E-state index is 12.4. The van der Waals surface area contributed by atoms with Crippen molar-refractivity contribution < 1.29 is 4.79 Å². The largest absolute Gasteiger partial charge is 0.378 e. The predicted octanol–water partition coefficient (Wildman–Crippen LogP) is 2.24. The molecule has 8 heteroatoms. The maximum atomic E-state index is 12.4. The van der Waals surface area contributed by atoms with E-state index in [9.17, 15) is 4.79 Å². The highest BCUT2D eigenvalue weighted by Gasteiger charge is 2.21. The van der Waals surface area contributed by atoms with Crippen molar-refractivity contribution in [1.82, 2.24) is 25.1 Å². The molecule has 0 aliphatic rings. The van der Waals surface area contributed by atoms with Gasteiger partial charge < -0.3 is 9.80 Å². The van der Waals surface area contributed by atoms with Gasteiger partial charge in [0.05, 0.1) is 11.3 Å². The van der Waals surface area contributed by atoms with Gasteiger partial charge in [0.2, 0.25) is 11.1 Å². The number of hydrogen-bond acceptors (Lipinski definition) is 6. The van der Waals surface area contributed by atoms with Gasteiger partial charge in [-0.05, 0) is 48.9 Å². The van der Waals surface area contributed by atoms with E-state index in [2.05, 4.69) is 32.6 Å². The van der Waals surface area contributed by atoms with Gasteiger partial charge in [-0.15, -0.1) is 5.10 Å². The SMILES string of the molecule is CN(Cc1ccc(N(C)C)cc1)C(=O)CSc1nnnn1C(C)(C)C. The molecule has 1 amide bonds. The summed E-state index contributed by atoms with van der Waals surface area (Å²) in [6, 6.07) is 8.21. The molecule has 1 aromatic carbocycles. The van der Waals surface area contributed by atoms with Crippen molar-refractivity contribution in [2.75, 3.05) is 31.8 Å². The second kappa shape index (κ2) is 7.86. The molecule has 0 aliphatic heterocycles. The monoisotopic (exact) mass is 362 g/mol. The third-order valence-electron chi connectivity index (χ3n) is 3.70. The first-order valence-corrected chi connectivity index (χ1v) is 9.09. The van der Waals surface area contributed by atoms with Gasteiger partial charge in [-0.3, -0.25) is 4.79 Å². The number of nitrogens with zero attached hydrogens (tertiary/aromatic N) is 6. The van der Waals surface area contributed by atoms with Crippen LogP contribution < -0.4 is 4.90 Å². The smallest absolute Gasteiger partial charge is 0.233 e. The maximum Gasteiger partial charge on any atom is 0.233 e. The van der Waals surface area contributed by atoms with Gasteiger partial charge in [0.15, 0.2) is 0 Å². The summed E-state index contributed by atoms with van der Waals surface area (Å²) in [6.07, 6.45) is 0. The number of rotatable bonds is 6. The van der Waals surface area contributed by atoms with Crippen LogP contribution in [0.3, 0.4) is 0 Å². The zero-order chi connectivity index (χ0) is 18.6. The van der Waals surface area contributed by atoms with Gasteiger partial charge >= 0.3 is 0 Å². The van der Waals surface area contributed by atoms with Crippen LogP contribution in [0.25, 0.3) is 0 Å². The first kappa shape index (κ1) is 19.2. The Morgan fingerprint density at radius 1 is 1.16 bits per heavy atom. The number of carbonyl (C=O) groups excluding carboxylic acids is 1. The van der Waals surface area contributed by atoms with Crippen LogP contribution in [0.5, 0.6) is 0 Å². The van der Waals surface area contributed by atoms with E-state index >= 15 is 0 Å². The molecule has 0 saturated carbocycles. The molecule has 0 radical (unpaired) electrons.